The van der Waals surface area contributed by atoms with Gasteiger partial charge in [-0.2, -0.15) is 13.2 Å². The molecule has 0 amide bonds. The first-order chi connectivity index (χ1) is 7.38. The van der Waals surface area contributed by atoms with Crippen LogP contribution in [0.15, 0.2) is 18.5 Å². The van der Waals surface area contributed by atoms with E-state index in [-0.39, 0.29) is 12.8 Å². The molecule has 0 saturated heterocycles. The largest absolute Gasteiger partial charge is 0.389 e. The predicted molar refractivity (Wildman–Crippen MR) is 53.8 cm³/mol. The molecular weight excluding hydrogens is 219 g/mol. The highest BCUT2D eigenvalue weighted by Crippen LogP contribution is 2.26. The van der Waals surface area contributed by atoms with E-state index in [1.165, 1.54) is 6.20 Å². The number of rotatable bonds is 4. The van der Waals surface area contributed by atoms with Crippen molar-refractivity contribution in [2.75, 3.05) is 0 Å². The number of aliphatic hydroxyl groups excluding tert-OH is 1. The Labute approximate surface area is 92.1 Å². The fraction of sp³-hybridized carbons (Fsp3) is 0.545. The van der Waals surface area contributed by atoms with E-state index in [9.17, 15) is 18.3 Å². The predicted octanol–water partition coefficient (Wildman–Crippen LogP) is 3.16. The van der Waals surface area contributed by atoms with Crippen molar-refractivity contribution in [3.8, 4) is 0 Å². The molecule has 0 aliphatic heterocycles. The van der Waals surface area contributed by atoms with Crippen molar-refractivity contribution in [3.05, 3.63) is 29.6 Å². The molecule has 90 valence electrons. The van der Waals surface area contributed by atoms with Crippen molar-refractivity contribution >= 4 is 0 Å². The molecule has 1 rings (SSSR count). The highest BCUT2D eigenvalue weighted by Gasteiger charge is 2.26. The lowest BCUT2D eigenvalue weighted by molar-refractivity contribution is -0.136. The van der Waals surface area contributed by atoms with E-state index in [2.05, 4.69) is 4.98 Å². The normalized spacial score (nSPS) is 13.8. The summed E-state index contributed by atoms with van der Waals surface area (Å²) in [7, 11) is 0. The van der Waals surface area contributed by atoms with Gasteiger partial charge in [0.15, 0.2) is 0 Å². The summed E-state index contributed by atoms with van der Waals surface area (Å²) in [5.41, 5.74) is 1.45. The summed E-state index contributed by atoms with van der Waals surface area (Å²) in [6.45, 7) is 1.82. The lowest BCUT2D eigenvalue weighted by Gasteiger charge is -2.12. The van der Waals surface area contributed by atoms with Crippen molar-refractivity contribution in [1.29, 1.82) is 0 Å². The zero-order chi connectivity index (χ0) is 12.2. The second-order valence-corrected chi connectivity index (χ2v) is 3.82. The molecule has 0 aliphatic rings. The Morgan fingerprint density at radius 3 is 2.62 bits per heavy atom. The Balaban J connectivity index is 2.44. The molecule has 16 heavy (non-hydrogen) atoms. The molecule has 1 aromatic heterocycles. The first-order valence-electron chi connectivity index (χ1n) is 5.05. The number of aliphatic hydroxyl groups is 1. The van der Waals surface area contributed by atoms with Gasteiger partial charge in [-0.15, -0.1) is 0 Å². The molecule has 0 bridgehead atoms. The Morgan fingerprint density at radius 2 is 2.06 bits per heavy atom. The van der Waals surface area contributed by atoms with Crippen LogP contribution in [0.2, 0.25) is 0 Å². The van der Waals surface area contributed by atoms with E-state index in [0.717, 1.165) is 5.56 Å². The molecule has 1 heterocycles. The average Bonchev–Trinajstić information content (AvgIpc) is 2.15. The molecular formula is C11H14F3NO. The summed E-state index contributed by atoms with van der Waals surface area (Å²) in [6, 6.07) is 1.73. The van der Waals surface area contributed by atoms with Gasteiger partial charge in [0.1, 0.15) is 0 Å². The molecule has 0 fully saturated rings. The van der Waals surface area contributed by atoms with Crippen LogP contribution in [0.25, 0.3) is 0 Å². The summed E-state index contributed by atoms with van der Waals surface area (Å²) >= 11 is 0. The minimum atomic E-state index is -4.15. The molecule has 1 unspecified atom stereocenters. The maximum atomic E-state index is 11.9. The molecule has 0 radical (unpaired) electrons. The smallest absolute Gasteiger partial charge is 0.388 e. The quantitative estimate of drug-likeness (QED) is 0.866. The number of aryl methyl sites for hydroxylation is 1. The molecule has 0 aromatic carbocycles. The van der Waals surface area contributed by atoms with Crippen molar-refractivity contribution in [2.24, 2.45) is 0 Å². The van der Waals surface area contributed by atoms with E-state index in [4.69, 9.17) is 0 Å². The van der Waals surface area contributed by atoms with Crippen LogP contribution in [0.5, 0.6) is 0 Å². The van der Waals surface area contributed by atoms with Crippen LogP contribution in [0.4, 0.5) is 13.2 Å². The van der Waals surface area contributed by atoms with Gasteiger partial charge in [0, 0.05) is 18.8 Å². The minimum Gasteiger partial charge on any atom is -0.388 e. The third-order valence-corrected chi connectivity index (χ3v) is 2.22. The monoisotopic (exact) mass is 233 g/mol. The number of alkyl halides is 3. The second-order valence-electron chi connectivity index (χ2n) is 3.82. The summed E-state index contributed by atoms with van der Waals surface area (Å²) in [5, 5.41) is 9.63. The highest BCUT2D eigenvalue weighted by atomic mass is 19.4. The van der Waals surface area contributed by atoms with Crippen LogP contribution in [0, 0.1) is 6.92 Å². The molecule has 1 atom stereocenters. The van der Waals surface area contributed by atoms with Crippen LogP contribution >= 0.6 is 0 Å². The second kappa shape index (κ2) is 5.30. The highest BCUT2D eigenvalue weighted by molar-refractivity contribution is 5.18. The Kier molecular flexibility index (Phi) is 4.29. The van der Waals surface area contributed by atoms with E-state index in [1.54, 1.807) is 12.3 Å². The summed E-state index contributed by atoms with van der Waals surface area (Å²) in [6.07, 6.45) is -2.73. The van der Waals surface area contributed by atoms with Gasteiger partial charge in [0.25, 0.3) is 0 Å². The van der Waals surface area contributed by atoms with Crippen LogP contribution in [-0.4, -0.2) is 16.3 Å². The van der Waals surface area contributed by atoms with Crippen molar-refractivity contribution < 1.29 is 18.3 Å². The molecule has 1 N–H and O–H groups in total. The van der Waals surface area contributed by atoms with E-state index >= 15 is 0 Å². The Morgan fingerprint density at radius 1 is 1.38 bits per heavy atom. The summed E-state index contributed by atoms with van der Waals surface area (Å²) in [4.78, 5) is 3.88. The molecule has 2 nitrogen and oxygen atoms in total. The first-order valence-corrected chi connectivity index (χ1v) is 5.05. The average molecular weight is 233 g/mol. The lowest BCUT2D eigenvalue weighted by atomic mass is 10.0. The van der Waals surface area contributed by atoms with Gasteiger partial charge in [-0.05, 0) is 30.9 Å². The molecule has 0 aliphatic carbocycles. The van der Waals surface area contributed by atoms with E-state index < -0.39 is 18.7 Å². The van der Waals surface area contributed by atoms with Crippen molar-refractivity contribution in [1.82, 2.24) is 4.98 Å². The van der Waals surface area contributed by atoms with Crippen LogP contribution in [0.3, 0.4) is 0 Å². The number of hydrogen-bond donors (Lipinski definition) is 1. The van der Waals surface area contributed by atoms with Gasteiger partial charge in [0.2, 0.25) is 0 Å². The standard InChI is InChI=1S/C11H14F3NO/c1-8-5-9(7-15-6-8)10(16)3-2-4-11(12,13)14/h5-7,10,16H,2-4H2,1H3. The van der Waals surface area contributed by atoms with Gasteiger partial charge in [-0.25, -0.2) is 0 Å². The zero-order valence-corrected chi connectivity index (χ0v) is 8.96. The number of pyridine rings is 1. The number of hydrogen-bond acceptors (Lipinski definition) is 2. The topological polar surface area (TPSA) is 33.1 Å². The van der Waals surface area contributed by atoms with E-state index in [0.29, 0.717) is 5.56 Å². The van der Waals surface area contributed by atoms with Gasteiger partial charge in [-0.1, -0.05) is 6.07 Å². The Bertz CT molecular complexity index is 338. The maximum absolute atomic E-state index is 11.9. The van der Waals surface area contributed by atoms with Crippen molar-refractivity contribution in [2.45, 2.75) is 38.5 Å². The third kappa shape index (κ3) is 4.61. The van der Waals surface area contributed by atoms with Gasteiger partial charge in [0.05, 0.1) is 6.10 Å². The van der Waals surface area contributed by atoms with Crippen LogP contribution in [0.1, 0.15) is 36.5 Å². The number of halogens is 3. The van der Waals surface area contributed by atoms with Gasteiger partial charge in [-0.3, -0.25) is 4.98 Å². The summed E-state index contributed by atoms with van der Waals surface area (Å²) in [5.74, 6) is 0. The molecule has 0 spiro atoms. The fourth-order valence-electron chi connectivity index (χ4n) is 1.42. The lowest BCUT2D eigenvalue weighted by Crippen LogP contribution is -2.08. The first kappa shape index (κ1) is 13.0. The van der Waals surface area contributed by atoms with Gasteiger partial charge >= 0.3 is 6.18 Å². The SMILES string of the molecule is Cc1cncc(C(O)CCCC(F)(F)F)c1. The molecule has 0 saturated carbocycles. The molecule has 5 heteroatoms. The van der Waals surface area contributed by atoms with Crippen LogP contribution in [-0.2, 0) is 0 Å². The van der Waals surface area contributed by atoms with Crippen LogP contribution < -0.4 is 0 Å². The Hall–Kier alpha value is -1.10. The van der Waals surface area contributed by atoms with Gasteiger partial charge < -0.3 is 5.11 Å². The number of nitrogens with zero attached hydrogens (tertiary/aromatic N) is 1. The molecule has 1 aromatic rings. The summed E-state index contributed by atoms with van der Waals surface area (Å²) < 4.78 is 35.6. The fourth-order valence-corrected chi connectivity index (χ4v) is 1.42. The zero-order valence-electron chi connectivity index (χ0n) is 8.96. The maximum Gasteiger partial charge on any atom is 0.389 e. The van der Waals surface area contributed by atoms with Crippen molar-refractivity contribution in [3.63, 3.8) is 0 Å². The third-order valence-electron chi connectivity index (χ3n) is 2.22. The minimum absolute atomic E-state index is 0.0708. The van der Waals surface area contributed by atoms with E-state index in [1.807, 2.05) is 6.92 Å². The number of aromatic nitrogens is 1.